The van der Waals surface area contributed by atoms with E-state index in [1.54, 1.807) is 0 Å². The largest absolute Gasteiger partial charge is 0.250 e. The highest BCUT2D eigenvalue weighted by Gasteiger charge is 2.16. The molecule has 0 fully saturated rings. The van der Waals surface area contributed by atoms with Crippen LogP contribution in [0, 0.1) is 12.8 Å². The number of hydrogen-bond donors (Lipinski definition) is 0. The molecule has 0 radical (unpaired) electrons. The number of fused-ring (bicyclic) bond motifs is 1. The Bertz CT molecular complexity index is 897. The average molecular weight is 449 g/mol. The van der Waals surface area contributed by atoms with Gasteiger partial charge in [0.15, 0.2) is 0 Å². The van der Waals surface area contributed by atoms with Gasteiger partial charge in [-0.1, -0.05) is 120 Å². The molecule has 0 N–H and O–H groups in total. The van der Waals surface area contributed by atoms with Crippen LogP contribution in [-0.4, -0.2) is 6.67 Å². The fraction of sp³-hybridized carbons (Fsp3) is 0.375. The molecule has 0 saturated carbocycles. The molecule has 180 valence electrons. The van der Waals surface area contributed by atoms with Gasteiger partial charge in [0.2, 0.25) is 0 Å². The van der Waals surface area contributed by atoms with Crippen molar-refractivity contribution < 1.29 is 4.39 Å². The van der Waals surface area contributed by atoms with Gasteiger partial charge in [-0.15, -0.1) is 0 Å². The highest BCUT2D eigenvalue weighted by Crippen LogP contribution is 2.34. The van der Waals surface area contributed by atoms with Crippen molar-refractivity contribution in [2.45, 2.75) is 68.2 Å². The fourth-order valence-electron chi connectivity index (χ4n) is 3.13. The summed E-state index contributed by atoms with van der Waals surface area (Å²) in [6.07, 6.45) is 10.1. The molecule has 0 aromatic heterocycles. The highest BCUT2D eigenvalue weighted by molar-refractivity contribution is 5.80. The zero-order valence-electron chi connectivity index (χ0n) is 22.2. The highest BCUT2D eigenvalue weighted by atomic mass is 19.1. The van der Waals surface area contributed by atoms with Crippen LogP contribution in [0.4, 0.5) is 4.39 Å². The topological polar surface area (TPSA) is 0 Å². The molecule has 1 aliphatic rings. The van der Waals surface area contributed by atoms with Crippen LogP contribution in [0.2, 0.25) is 0 Å². The molecular formula is C32H45F. The van der Waals surface area contributed by atoms with Crippen molar-refractivity contribution >= 4 is 11.1 Å². The lowest BCUT2D eigenvalue weighted by atomic mass is 9.99. The van der Waals surface area contributed by atoms with Gasteiger partial charge in [-0.25, -0.2) is 0 Å². The minimum Gasteiger partial charge on any atom is -0.250 e. The molecule has 0 spiro atoms. The van der Waals surface area contributed by atoms with E-state index >= 15 is 0 Å². The summed E-state index contributed by atoms with van der Waals surface area (Å²) in [7, 11) is 0. The number of hydrogen-bond acceptors (Lipinski definition) is 0. The second-order valence-electron chi connectivity index (χ2n) is 8.13. The maximum Gasteiger partial charge on any atom is 0.0954 e. The normalized spacial score (nSPS) is 13.1. The van der Waals surface area contributed by atoms with Crippen molar-refractivity contribution in [2.24, 2.45) is 5.92 Å². The fourth-order valence-corrected chi connectivity index (χ4v) is 3.13. The SMILES string of the molecule is C=CC1=C(C)c2cc(/C(C)=C\C=C\C(C)CF)ccc2C1.CC.CCC.Cc1ccccc1. The zero-order valence-corrected chi connectivity index (χ0v) is 22.2. The molecule has 2 aromatic rings. The van der Waals surface area contributed by atoms with Crippen molar-refractivity contribution in [1.29, 1.82) is 0 Å². The third-order valence-corrected chi connectivity index (χ3v) is 5.05. The second kappa shape index (κ2) is 17.8. The maximum atomic E-state index is 12.4. The van der Waals surface area contributed by atoms with E-state index < -0.39 is 0 Å². The van der Waals surface area contributed by atoms with E-state index in [1.165, 1.54) is 45.4 Å². The van der Waals surface area contributed by atoms with Crippen LogP contribution >= 0.6 is 0 Å². The van der Waals surface area contributed by atoms with E-state index in [0.29, 0.717) is 0 Å². The number of rotatable bonds is 5. The van der Waals surface area contributed by atoms with Crippen LogP contribution < -0.4 is 0 Å². The van der Waals surface area contributed by atoms with Crippen molar-refractivity contribution in [1.82, 2.24) is 0 Å². The third-order valence-electron chi connectivity index (χ3n) is 5.05. The number of allylic oxidation sites excluding steroid dienone is 7. The molecule has 2 aromatic carbocycles. The summed E-state index contributed by atoms with van der Waals surface area (Å²) >= 11 is 0. The number of alkyl halides is 1. The van der Waals surface area contributed by atoms with Gasteiger partial charge in [0.1, 0.15) is 0 Å². The molecule has 0 bridgehead atoms. The molecule has 1 aliphatic carbocycles. The molecule has 0 nitrogen and oxygen atoms in total. The molecule has 0 aliphatic heterocycles. The molecule has 1 atom stereocenters. The Hall–Kier alpha value is -2.67. The van der Waals surface area contributed by atoms with Gasteiger partial charge in [0, 0.05) is 5.92 Å². The first-order valence-corrected chi connectivity index (χ1v) is 12.3. The van der Waals surface area contributed by atoms with Crippen molar-refractivity contribution in [3.05, 3.63) is 107 Å². The smallest absolute Gasteiger partial charge is 0.0954 e. The molecule has 1 unspecified atom stereocenters. The van der Waals surface area contributed by atoms with Crippen LogP contribution in [0.3, 0.4) is 0 Å². The van der Waals surface area contributed by atoms with Crippen molar-refractivity contribution in [2.75, 3.05) is 6.67 Å². The third kappa shape index (κ3) is 11.1. The molecule has 0 saturated heterocycles. The van der Waals surface area contributed by atoms with Crippen LogP contribution in [0.15, 0.2) is 85.0 Å². The summed E-state index contributed by atoms with van der Waals surface area (Å²) in [6.45, 7) is 20.0. The summed E-state index contributed by atoms with van der Waals surface area (Å²) in [5.74, 6) is -0.0191. The Kier molecular flexibility index (Phi) is 16.4. The van der Waals surface area contributed by atoms with Gasteiger partial charge >= 0.3 is 0 Å². The molecule has 33 heavy (non-hydrogen) atoms. The Morgan fingerprint density at radius 3 is 2.15 bits per heavy atom. The molecular weight excluding hydrogens is 403 g/mol. The van der Waals surface area contributed by atoms with Gasteiger partial charge in [-0.05, 0) is 66.7 Å². The van der Waals surface area contributed by atoms with Crippen LogP contribution in [0.5, 0.6) is 0 Å². The average Bonchev–Trinajstić information content (AvgIpc) is 3.16. The lowest BCUT2D eigenvalue weighted by Gasteiger charge is -2.06. The summed E-state index contributed by atoms with van der Waals surface area (Å²) in [5, 5.41) is 0. The number of halogens is 1. The van der Waals surface area contributed by atoms with Crippen LogP contribution in [0.1, 0.15) is 77.1 Å². The first-order valence-electron chi connectivity index (χ1n) is 12.3. The van der Waals surface area contributed by atoms with Crippen molar-refractivity contribution in [3.8, 4) is 0 Å². The lowest BCUT2D eigenvalue weighted by Crippen LogP contribution is -1.89. The summed E-state index contributed by atoms with van der Waals surface area (Å²) in [6, 6.07) is 16.9. The first-order chi connectivity index (χ1) is 15.9. The predicted molar refractivity (Wildman–Crippen MR) is 149 cm³/mol. The van der Waals surface area contributed by atoms with E-state index in [2.05, 4.69) is 77.6 Å². The minimum absolute atomic E-state index is 0.0191. The number of benzene rings is 2. The van der Waals surface area contributed by atoms with Crippen LogP contribution in [0.25, 0.3) is 11.1 Å². The van der Waals surface area contributed by atoms with Gasteiger partial charge < -0.3 is 0 Å². The monoisotopic (exact) mass is 448 g/mol. The molecule has 3 rings (SSSR count). The zero-order chi connectivity index (χ0) is 25.2. The Morgan fingerprint density at radius 2 is 1.67 bits per heavy atom. The van der Waals surface area contributed by atoms with Gasteiger partial charge in [-0.3, -0.25) is 4.39 Å². The van der Waals surface area contributed by atoms with Gasteiger partial charge in [0.25, 0.3) is 0 Å². The summed E-state index contributed by atoms with van der Waals surface area (Å²) < 4.78 is 12.4. The van der Waals surface area contributed by atoms with Gasteiger partial charge in [-0.2, -0.15) is 0 Å². The van der Waals surface area contributed by atoms with Gasteiger partial charge in [0.05, 0.1) is 6.67 Å². The molecule has 0 heterocycles. The second-order valence-corrected chi connectivity index (χ2v) is 8.13. The molecule has 1 heteroatoms. The number of aryl methyl sites for hydroxylation is 1. The first kappa shape index (κ1) is 30.3. The van der Waals surface area contributed by atoms with E-state index in [4.69, 9.17) is 0 Å². The Labute approximate surface area is 203 Å². The van der Waals surface area contributed by atoms with Crippen molar-refractivity contribution in [3.63, 3.8) is 0 Å². The van der Waals surface area contributed by atoms with E-state index in [9.17, 15) is 4.39 Å². The Morgan fingerprint density at radius 1 is 1.06 bits per heavy atom. The lowest BCUT2D eigenvalue weighted by molar-refractivity contribution is 0.430. The quantitative estimate of drug-likeness (QED) is 0.399. The minimum atomic E-state index is -0.309. The summed E-state index contributed by atoms with van der Waals surface area (Å²) in [4.78, 5) is 0. The summed E-state index contributed by atoms with van der Waals surface area (Å²) in [5.41, 5.74) is 9.09. The Balaban J connectivity index is 0.000000704. The predicted octanol–water partition coefficient (Wildman–Crippen LogP) is 10.2. The standard InChI is InChI=1S/C20H23F.C7H8.C3H8.C2H6/c1-5-17-11-19-10-9-18(12-20(19)16(17)4)15(3)8-6-7-14(2)13-21;1-7-5-3-2-4-6-7;1-3-2;1-2/h5-10,12,14H,1,11,13H2,2-4H3;2-6H,1H3;3H2,1-2H3;1-2H3/b7-6+,15-8-;;;. The van der Waals surface area contributed by atoms with E-state index in [1.807, 2.05) is 57.2 Å². The van der Waals surface area contributed by atoms with E-state index in [-0.39, 0.29) is 12.6 Å². The molecule has 0 amide bonds. The van der Waals surface area contributed by atoms with Crippen LogP contribution in [-0.2, 0) is 6.42 Å². The van der Waals surface area contributed by atoms with E-state index in [0.717, 1.165) is 6.42 Å². The maximum absolute atomic E-state index is 12.4.